The van der Waals surface area contributed by atoms with E-state index in [0.29, 0.717) is 25.3 Å². The number of hydrogen-bond acceptors (Lipinski definition) is 2. The lowest BCUT2D eigenvalue weighted by molar-refractivity contribution is -0.141. The Morgan fingerprint density at radius 2 is 1.51 bits per heavy atom. The third-order valence-electron chi connectivity index (χ3n) is 6.64. The first-order valence-electron chi connectivity index (χ1n) is 13.3. The molecule has 196 valence electrons. The van der Waals surface area contributed by atoms with Crippen molar-refractivity contribution in [1.82, 2.24) is 10.2 Å². The maximum atomic E-state index is 13.7. The Labute approximate surface area is 220 Å². The maximum Gasteiger partial charge on any atom is 0.243 e. The highest BCUT2D eigenvalue weighted by molar-refractivity contribution is 5.88. The van der Waals surface area contributed by atoms with E-state index < -0.39 is 6.04 Å². The molecule has 0 aliphatic rings. The van der Waals surface area contributed by atoms with E-state index in [1.807, 2.05) is 30.3 Å². The fourth-order valence-corrected chi connectivity index (χ4v) is 4.31. The van der Waals surface area contributed by atoms with Gasteiger partial charge in [0.2, 0.25) is 11.8 Å². The van der Waals surface area contributed by atoms with Crippen LogP contribution in [-0.2, 0) is 29.0 Å². The van der Waals surface area contributed by atoms with Gasteiger partial charge < -0.3 is 10.2 Å². The van der Waals surface area contributed by atoms with Gasteiger partial charge in [0.15, 0.2) is 0 Å². The van der Waals surface area contributed by atoms with Crippen molar-refractivity contribution in [3.63, 3.8) is 0 Å². The topological polar surface area (TPSA) is 49.4 Å². The molecule has 1 N–H and O–H groups in total. The number of rotatable bonds is 13. The van der Waals surface area contributed by atoms with Crippen LogP contribution in [0.2, 0.25) is 0 Å². The minimum Gasteiger partial charge on any atom is -0.354 e. The zero-order valence-electron chi connectivity index (χ0n) is 22.3. The first kappa shape index (κ1) is 28.1. The molecule has 4 nitrogen and oxygen atoms in total. The van der Waals surface area contributed by atoms with Crippen LogP contribution in [0.15, 0.2) is 78.9 Å². The van der Waals surface area contributed by atoms with Crippen LogP contribution in [0.25, 0.3) is 0 Å². The van der Waals surface area contributed by atoms with Crippen molar-refractivity contribution in [3.05, 3.63) is 107 Å². The average molecular weight is 503 g/mol. The molecule has 2 amide bonds. The van der Waals surface area contributed by atoms with Crippen LogP contribution in [0.5, 0.6) is 0 Å². The molecule has 0 bridgehead atoms. The first-order chi connectivity index (χ1) is 17.9. The Kier molecular flexibility index (Phi) is 10.9. The van der Waals surface area contributed by atoms with Crippen LogP contribution in [0.1, 0.15) is 68.2 Å². The normalized spacial score (nSPS) is 11.8. The number of unbranched alkanes of at least 4 members (excludes halogenated alkanes) is 1. The summed E-state index contributed by atoms with van der Waals surface area (Å²) in [6.07, 6.45) is 3.14. The van der Waals surface area contributed by atoms with Crippen LogP contribution in [0.4, 0.5) is 4.39 Å². The smallest absolute Gasteiger partial charge is 0.243 e. The molecule has 0 aromatic heterocycles. The second-order valence-corrected chi connectivity index (χ2v) is 9.89. The van der Waals surface area contributed by atoms with Crippen molar-refractivity contribution in [2.45, 2.75) is 71.4 Å². The fraction of sp³-hybridized carbons (Fsp3) is 0.375. The molecule has 3 aromatic carbocycles. The van der Waals surface area contributed by atoms with E-state index in [-0.39, 0.29) is 30.6 Å². The van der Waals surface area contributed by atoms with Crippen molar-refractivity contribution in [2.75, 3.05) is 6.54 Å². The van der Waals surface area contributed by atoms with Gasteiger partial charge in [0.1, 0.15) is 11.9 Å². The zero-order valence-corrected chi connectivity index (χ0v) is 22.3. The van der Waals surface area contributed by atoms with Crippen molar-refractivity contribution >= 4 is 11.8 Å². The SMILES string of the molecule is CCCCNC(=O)[C@H](Cc1ccccc1)N(Cc1ccc(F)cc1)C(=O)CCc1ccc(C(C)C)cc1. The first-order valence-corrected chi connectivity index (χ1v) is 13.3. The number of halogens is 1. The van der Waals surface area contributed by atoms with E-state index >= 15 is 0 Å². The van der Waals surface area contributed by atoms with Crippen LogP contribution in [-0.4, -0.2) is 29.3 Å². The van der Waals surface area contributed by atoms with Crippen LogP contribution >= 0.6 is 0 Å². The zero-order chi connectivity index (χ0) is 26.6. The third-order valence-corrected chi connectivity index (χ3v) is 6.64. The monoisotopic (exact) mass is 502 g/mol. The number of amides is 2. The van der Waals surface area contributed by atoms with Gasteiger partial charge in [-0.05, 0) is 53.1 Å². The summed E-state index contributed by atoms with van der Waals surface area (Å²) in [4.78, 5) is 28.8. The number of benzene rings is 3. The highest BCUT2D eigenvalue weighted by atomic mass is 19.1. The highest BCUT2D eigenvalue weighted by Crippen LogP contribution is 2.19. The molecular formula is C32H39FN2O2. The van der Waals surface area contributed by atoms with Crippen LogP contribution in [0.3, 0.4) is 0 Å². The summed E-state index contributed by atoms with van der Waals surface area (Å²) in [6, 6.07) is 23.6. The van der Waals surface area contributed by atoms with E-state index in [2.05, 4.69) is 50.4 Å². The molecule has 0 aliphatic carbocycles. The molecule has 0 radical (unpaired) electrons. The summed E-state index contributed by atoms with van der Waals surface area (Å²) in [6.45, 7) is 7.20. The van der Waals surface area contributed by atoms with Gasteiger partial charge in [0.25, 0.3) is 0 Å². The van der Waals surface area contributed by atoms with Gasteiger partial charge in [-0.15, -0.1) is 0 Å². The molecule has 0 saturated heterocycles. The lowest BCUT2D eigenvalue weighted by atomic mass is 9.99. The van der Waals surface area contributed by atoms with Crippen molar-refractivity contribution < 1.29 is 14.0 Å². The summed E-state index contributed by atoms with van der Waals surface area (Å²) in [7, 11) is 0. The Hall–Kier alpha value is -3.47. The second-order valence-electron chi connectivity index (χ2n) is 9.89. The Morgan fingerprint density at radius 3 is 2.14 bits per heavy atom. The summed E-state index contributed by atoms with van der Waals surface area (Å²) >= 11 is 0. The quantitative estimate of drug-likeness (QED) is 0.274. The molecular weight excluding hydrogens is 463 g/mol. The van der Waals surface area contributed by atoms with Gasteiger partial charge in [-0.25, -0.2) is 4.39 Å². The average Bonchev–Trinajstić information content (AvgIpc) is 2.91. The highest BCUT2D eigenvalue weighted by Gasteiger charge is 2.30. The minimum absolute atomic E-state index is 0.0937. The van der Waals surface area contributed by atoms with Gasteiger partial charge in [0.05, 0.1) is 0 Å². The lowest BCUT2D eigenvalue weighted by Crippen LogP contribution is -2.50. The van der Waals surface area contributed by atoms with Gasteiger partial charge in [-0.2, -0.15) is 0 Å². The maximum absolute atomic E-state index is 13.7. The molecule has 0 aliphatic heterocycles. The fourth-order valence-electron chi connectivity index (χ4n) is 4.31. The van der Waals surface area contributed by atoms with E-state index in [0.717, 1.165) is 29.5 Å². The molecule has 37 heavy (non-hydrogen) atoms. The van der Waals surface area contributed by atoms with Gasteiger partial charge in [-0.3, -0.25) is 9.59 Å². The predicted octanol–water partition coefficient (Wildman–Crippen LogP) is 6.44. The van der Waals surface area contributed by atoms with E-state index in [1.54, 1.807) is 17.0 Å². The number of carbonyl (C=O) groups is 2. The standard InChI is InChI=1S/C32H39FN2O2/c1-4-5-21-34-32(37)30(22-26-9-7-6-8-10-26)35(23-27-13-18-29(33)19-14-27)31(36)20-15-25-11-16-28(17-12-25)24(2)3/h6-14,16-19,24,30H,4-5,15,20-23H2,1-3H3,(H,34,37)/t30-/m0/s1. The van der Waals surface area contributed by atoms with Crippen molar-refractivity contribution in [3.8, 4) is 0 Å². The number of aryl methyl sites for hydroxylation is 1. The Balaban J connectivity index is 1.85. The van der Waals surface area contributed by atoms with Crippen LogP contribution in [0, 0.1) is 5.82 Å². The molecule has 3 aromatic rings. The molecule has 0 saturated carbocycles. The largest absolute Gasteiger partial charge is 0.354 e. The van der Waals surface area contributed by atoms with Gasteiger partial charge >= 0.3 is 0 Å². The molecule has 0 spiro atoms. The molecule has 3 rings (SSSR count). The van der Waals surface area contributed by atoms with E-state index in [4.69, 9.17) is 0 Å². The predicted molar refractivity (Wildman–Crippen MR) is 148 cm³/mol. The minimum atomic E-state index is -0.667. The van der Waals surface area contributed by atoms with Gasteiger partial charge in [0, 0.05) is 25.9 Å². The molecule has 0 unspecified atom stereocenters. The Morgan fingerprint density at radius 1 is 0.865 bits per heavy atom. The third kappa shape index (κ3) is 8.85. The Bertz CT molecular complexity index is 1110. The lowest BCUT2D eigenvalue weighted by Gasteiger charge is -2.31. The van der Waals surface area contributed by atoms with Crippen molar-refractivity contribution in [2.24, 2.45) is 0 Å². The molecule has 5 heteroatoms. The summed E-state index contributed by atoms with van der Waals surface area (Å²) in [5.74, 6) is -0.130. The van der Waals surface area contributed by atoms with Crippen LogP contribution < -0.4 is 5.32 Å². The number of carbonyl (C=O) groups excluding carboxylic acids is 2. The number of hydrogen-bond donors (Lipinski definition) is 1. The number of nitrogens with one attached hydrogen (secondary N) is 1. The number of nitrogens with zero attached hydrogens (tertiary/aromatic N) is 1. The molecule has 0 heterocycles. The molecule has 1 atom stereocenters. The summed E-state index contributed by atoms with van der Waals surface area (Å²) in [5.41, 5.74) is 4.13. The van der Waals surface area contributed by atoms with E-state index in [1.165, 1.54) is 17.7 Å². The van der Waals surface area contributed by atoms with Crippen molar-refractivity contribution in [1.29, 1.82) is 0 Å². The summed E-state index contributed by atoms with van der Waals surface area (Å²) < 4.78 is 13.6. The van der Waals surface area contributed by atoms with E-state index in [9.17, 15) is 14.0 Å². The second kappa shape index (κ2) is 14.3. The van der Waals surface area contributed by atoms with Gasteiger partial charge in [-0.1, -0.05) is 93.9 Å². The summed E-state index contributed by atoms with van der Waals surface area (Å²) in [5, 5.41) is 3.03. The molecule has 0 fully saturated rings.